The number of alkyl halides is 2. The van der Waals surface area contributed by atoms with E-state index in [9.17, 15) is 32.8 Å². The first-order valence-corrected chi connectivity index (χ1v) is 21.0. The number of anilines is 2. The summed E-state index contributed by atoms with van der Waals surface area (Å²) >= 11 is 0. The maximum absolute atomic E-state index is 14.0. The van der Waals surface area contributed by atoms with Crippen LogP contribution in [0.25, 0.3) is 11.3 Å². The molecule has 16 heteroatoms. The fraction of sp³-hybridized carbons (Fsp3) is 0.391. The van der Waals surface area contributed by atoms with Crippen molar-refractivity contribution in [2.24, 2.45) is 11.8 Å². The summed E-state index contributed by atoms with van der Waals surface area (Å²) in [6.07, 6.45) is 0.762. The summed E-state index contributed by atoms with van der Waals surface area (Å²) in [4.78, 5) is 77.1. The molecule has 9 rings (SSSR count). The smallest absolute Gasteiger partial charge is 0.445 e. The molecule has 4 aliphatic heterocycles. The lowest BCUT2D eigenvalue weighted by Gasteiger charge is -2.32. The van der Waals surface area contributed by atoms with Crippen LogP contribution in [-0.2, 0) is 31.0 Å². The van der Waals surface area contributed by atoms with Gasteiger partial charge in [0.15, 0.2) is 11.5 Å². The lowest BCUT2D eigenvalue weighted by molar-refractivity contribution is -0.286. The molecule has 324 valence electrons. The number of aryl methyl sites for hydroxylation is 2. The number of amides is 5. The Balaban J connectivity index is 0.00000544. The maximum Gasteiger partial charge on any atom is 0.586 e. The van der Waals surface area contributed by atoms with Crippen molar-refractivity contribution in [2.75, 3.05) is 56.0 Å². The Hall–Kier alpha value is -6.58. The van der Waals surface area contributed by atoms with Crippen molar-refractivity contribution in [3.63, 3.8) is 0 Å². The van der Waals surface area contributed by atoms with Crippen LogP contribution in [0.2, 0.25) is 0 Å². The van der Waals surface area contributed by atoms with Crippen LogP contribution >= 0.6 is 0 Å². The highest BCUT2D eigenvalue weighted by Crippen LogP contribution is 2.52. The van der Waals surface area contributed by atoms with Gasteiger partial charge in [0, 0.05) is 70.7 Å². The van der Waals surface area contributed by atoms with Crippen LogP contribution in [0.1, 0.15) is 60.8 Å². The third-order valence-electron chi connectivity index (χ3n) is 12.8. The second kappa shape index (κ2) is 16.0. The van der Waals surface area contributed by atoms with Crippen LogP contribution < -0.4 is 19.7 Å². The monoisotopic (exact) mass is 850 g/mol. The zero-order valence-corrected chi connectivity index (χ0v) is 34.2. The standard InChI is InChI=1S/C46H46F2N6O8.H2/c1-3-38(55)52-21-22-54(40(57)27-52)41-14-10-34(60-41)9-13-39(56)53-25-31-15-19-51(20-16-32(31)26-53)43(58)30-6-4-5-29(23-30)42-28(2)7-12-37(49-42)50-44(59)45(17-18-45)33-8-11-35-36(24-33)62-46(47,48)61-35;/h3-8,10-12,14,23-24,31-32H,1,9,13,15-22,25-27H2,2H3,(H,49,50,59);1H/t31-,32+;. The molecule has 1 saturated carbocycles. The Morgan fingerprint density at radius 1 is 0.903 bits per heavy atom. The van der Waals surface area contributed by atoms with E-state index < -0.39 is 11.7 Å². The van der Waals surface area contributed by atoms with Gasteiger partial charge in [-0.3, -0.25) is 28.9 Å². The minimum absolute atomic E-state index is 0. The molecule has 6 heterocycles. The molecule has 5 amide bonds. The number of hydrogen-bond donors (Lipinski definition) is 1. The maximum atomic E-state index is 14.0. The molecule has 0 radical (unpaired) electrons. The molecule has 1 aliphatic carbocycles. The SMILES string of the molecule is C=CC(=O)N1CCN(c2ccc(CCC(=O)N3C[C@H]4CCN(C(=O)c5cccc(-c6nc(NC(=O)C7(c8ccc9c(c8)OC(F)(F)O9)CC7)ccc6C)c5)CC[C@H]4C3)o2)C(=O)C1.[HH]. The highest BCUT2D eigenvalue weighted by molar-refractivity contribution is 6.01. The number of hydrogen-bond acceptors (Lipinski definition) is 9. The molecule has 0 spiro atoms. The molecular weight excluding hydrogens is 803 g/mol. The summed E-state index contributed by atoms with van der Waals surface area (Å²) in [5.74, 6) is 0.866. The molecule has 1 N–H and O–H groups in total. The van der Waals surface area contributed by atoms with Crippen molar-refractivity contribution in [2.45, 2.75) is 57.2 Å². The van der Waals surface area contributed by atoms with Gasteiger partial charge in [0.1, 0.15) is 18.1 Å². The van der Waals surface area contributed by atoms with Gasteiger partial charge in [-0.25, -0.2) is 4.98 Å². The van der Waals surface area contributed by atoms with E-state index in [0.29, 0.717) is 92.8 Å². The van der Waals surface area contributed by atoms with E-state index in [0.717, 1.165) is 24.0 Å². The average molecular weight is 851 g/mol. The molecule has 4 aromatic rings. The Kier molecular flexibility index (Phi) is 10.6. The molecule has 0 bridgehead atoms. The quantitative estimate of drug-likeness (QED) is 0.184. The number of rotatable bonds is 10. The summed E-state index contributed by atoms with van der Waals surface area (Å²) in [5.41, 5.74) is 2.37. The number of ether oxygens (including phenoxy) is 2. The number of likely N-dealkylation sites (tertiary alicyclic amines) is 2. The predicted octanol–water partition coefficient (Wildman–Crippen LogP) is 6.19. The second-order valence-electron chi connectivity index (χ2n) is 16.7. The van der Waals surface area contributed by atoms with E-state index in [-0.39, 0.29) is 67.3 Å². The van der Waals surface area contributed by atoms with Crippen molar-refractivity contribution in [1.29, 1.82) is 0 Å². The number of halogens is 2. The molecule has 2 aromatic heterocycles. The van der Waals surface area contributed by atoms with Gasteiger partial charge in [-0.15, -0.1) is 8.78 Å². The van der Waals surface area contributed by atoms with Crippen molar-refractivity contribution in [3.05, 3.63) is 102 Å². The van der Waals surface area contributed by atoms with Gasteiger partial charge in [0.25, 0.3) is 5.91 Å². The predicted molar refractivity (Wildman–Crippen MR) is 224 cm³/mol. The van der Waals surface area contributed by atoms with Gasteiger partial charge in [0.05, 0.1) is 11.1 Å². The van der Waals surface area contributed by atoms with Crippen molar-refractivity contribution >= 4 is 41.2 Å². The number of fused-ring (bicyclic) bond motifs is 2. The van der Waals surface area contributed by atoms with Gasteiger partial charge in [-0.05, 0) is 98.0 Å². The third-order valence-corrected chi connectivity index (χ3v) is 12.8. The largest absolute Gasteiger partial charge is 0.586 e. The van der Waals surface area contributed by atoms with E-state index in [1.54, 1.807) is 30.3 Å². The first kappa shape index (κ1) is 40.8. The van der Waals surface area contributed by atoms with E-state index in [1.165, 1.54) is 28.0 Å². The Morgan fingerprint density at radius 2 is 1.66 bits per heavy atom. The summed E-state index contributed by atoms with van der Waals surface area (Å²) < 4.78 is 42.4. The van der Waals surface area contributed by atoms with E-state index in [4.69, 9.17) is 9.40 Å². The lowest BCUT2D eigenvalue weighted by atomic mass is 9.92. The number of carbonyl (C=O) groups excluding carboxylic acids is 5. The van der Waals surface area contributed by atoms with Crippen LogP contribution in [0.15, 0.2) is 83.8 Å². The second-order valence-corrected chi connectivity index (χ2v) is 16.7. The zero-order chi connectivity index (χ0) is 43.3. The minimum atomic E-state index is -3.75. The number of aromatic nitrogens is 1. The highest BCUT2D eigenvalue weighted by atomic mass is 19.3. The lowest BCUT2D eigenvalue weighted by Crippen LogP contribution is -2.52. The van der Waals surface area contributed by atoms with Gasteiger partial charge in [-0.2, -0.15) is 0 Å². The average Bonchev–Trinajstić information content (AvgIpc) is 3.70. The van der Waals surface area contributed by atoms with Gasteiger partial charge in [-0.1, -0.05) is 30.8 Å². The van der Waals surface area contributed by atoms with Gasteiger partial charge < -0.3 is 33.9 Å². The fourth-order valence-corrected chi connectivity index (χ4v) is 9.14. The molecule has 2 atom stereocenters. The van der Waals surface area contributed by atoms with Crippen molar-refractivity contribution in [3.8, 4) is 22.8 Å². The Morgan fingerprint density at radius 3 is 2.39 bits per heavy atom. The Labute approximate surface area is 357 Å². The summed E-state index contributed by atoms with van der Waals surface area (Å²) in [6.45, 7) is 8.47. The first-order chi connectivity index (χ1) is 29.8. The number of furan rings is 1. The van der Waals surface area contributed by atoms with Crippen LogP contribution in [0.4, 0.5) is 20.5 Å². The van der Waals surface area contributed by atoms with Crippen molar-refractivity contribution < 1.29 is 48.1 Å². The number of pyridine rings is 1. The number of piperazine rings is 1. The summed E-state index contributed by atoms with van der Waals surface area (Å²) in [7, 11) is 0. The van der Waals surface area contributed by atoms with Crippen LogP contribution in [0.3, 0.4) is 0 Å². The number of carbonyl (C=O) groups is 5. The van der Waals surface area contributed by atoms with Crippen LogP contribution in [-0.4, -0.2) is 101 Å². The molecule has 62 heavy (non-hydrogen) atoms. The Bertz CT molecular complexity index is 2480. The zero-order valence-electron chi connectivity index (χ0n) is 34.2. The van der Waals surface area contributed by atoms with Crippen LogP contribution in [0, 0.1) is 18.8 Å². The van der Waals surface area contributed by atoms with E-state index in [2.05, 4.69) is 21.4 Å². The van der Waals surface area contributed by atoms with Gasteiger partial charge >= 0.3 is 6.29 Å². The number of benzene rings is 2. The molecule has 3 saturated heterocycles. The first-order valence-electron chi connectivity index (χ1n) is 21.0. The molecule has 14 nitrogen and oxygen atoms in total. The minimum Gasteiger partial charge on any atom is -0.445 e. The highest BCUT2D eigenvalue weighted by Gasteiger charge is 2.53. The topological polar surface area (TPSA) is 155 Å². The number of nitrogens with zero attached hydrogens (tertiary/aromatic N) is 5. The third kappa shape index (κ3) is 8.00. The molecule has 0 unspecified atom stereocenters. The summed E-state index contributed by atoms with van der Waals surface area (Å²) in [5, 5.41) is 2.93. The van der Waals surface area contributed by atoms with Gasteiger partial charge in [0.2, 0.25) is 29.5 Å². The normalized spacial score (nSPS) is 21.0. The molecule has 5 aliphatic rings. The molecule has 4 fully saturated rings. The van der Waals surface area contributed by atoms with E-state index >= 15 is 0 Å². The molecule has 2 aromatic carbocycles. The number of nitrogens with one attached hydrogen (secondary N) is 1. The molecular formula is C46H48F2N6O8. The van der Waals surface area contributed by atoms with Crippen molar-refractivity contribution in [1.82, 2.24) is 19.7 Å². The summed E-state index contributed by atoms with van der Waals surface area (Å²) in [6, 6.07) is 18.8. The van der Waals surface area contributed by atoms with Crippen LogP contribution in [0.5, 0.6) is 11.5 Å². The fourth-order valence-electron chi connectivity index (χ4n) is 9.14. The van der Waals surface area contributed by atoms with E-state index in [1.807, 2.05) is 41.0 Å².